The molecule has 0 aliphatic rings. The van der Waals surface area contributed by atoms with Crippen LogP contribution in [0, 0.1) is 24.2 Å². The van der Waals surface area contributed by atoms with E-state index in [2.05, 4.69) is 26.9 Å². The van der Waals surface area contributed by atoms with Gasteiger partial charge in [0.05, 0.1) is 29.2 Å². The summed E-state index contributed by atoms with van der Waals surface area (Å²) in [5.74, 6) is -0.943. The number of carbonyl (C=O) groups excluding carboxylic acids is 1. The van der Waals surface area contributed by atoms with Crippen molar-refractivity contribution in [2.75, 3.05) is 5.43 Å². The van der Waals surface area contributed by atoms with E-state index >= 15 is 0 Å². The summed E-state index contributed by atoms with van der Waals surface area (Å²) < 4.78 is 12.8. The molecule has 0 aliphatic carbocycles. The van der Waals surface area contributed by atoms with Gasteiger partial charge >= 0.3 is 0 Å². The first kappa shape index (κ1) is 16.5. The van der Waals surface area contributed by atoms with Crippen LogP contribution in [0.2, 0.25) is 0 Å². The first-order chi connectivity index (χ1) is 12.1. The van der Waals surface area contributed by atoms with Gasteiger partial charge in [-0.05, 0) is 31.2 Å². The van der Waals surface area contributed by atoms with Crippen molar-refractivity contribution in [2.45, 2.75) is 6.92 Å². The van der Waals surface area contributed by atoms with Crippen LogP contribution in [0.4, 0.5) is 10.1 Å². The average molecular weight is 353 g/mol. The average Bonchev–Trinajstić information content (AvgIpc) is 3.03. The molecular weight excluding hydrogens is 341 g/mol. The smallest absolute Gasteiger partial charge is 0.281 e. The molecule has 8 heteroatoms. The number of hydrazine groups is 1. The summed E-state index contributed by atoms with van der Waals surface area (Å²) in [5, 5.41) is 9.53. The second-order valence-corrected chi connectivity index (χ2v) is 6.07. The Hall–Kier alpha value is -3.31. The van der Waals surface area contributed by atoms with E-state index < -0.39 is 5.95 Å². The number of amides is 1. The summed E-state index contributed by atoms with van der Waals surface area (Å²) in [6.45, 7) is 1.75. The lowest BCUT2D eigenvalue weighted by Gasteiger charge is -2.06. The molecule has 6 nitrogen and oxygen atoms in total. The molecule has 124 valence electrons. The van der Waals surface area contributed by atoms with Crippen LogP contribution in [0.15, 0.2) is 42.6 Å². The number of benzene rings is 1. The van der Waals surface area contributed by atoms with Crippen LogP contribution in [0.3, 0.4) is 0 Å². The molecule has 3 aromatic rings. The van der Waals surface area contributed by atoms with Gasteiger partial charge in [-0.1, -0.05) is 12.1 Å². The number of hydrogen-bond donors (Lipinski definition) is 2. The Balaban J connectivity index is 1.73. The van der Waals surface area contributed by atoms with E-state index in [-0.39, 0.29) is 5.91 Å². The predicted octanol–water partition coefficient (Wildman–Crippen LogP) is 3.28. The number of halogens is 1. The number of pyridine rings is 1. The molecule has 0 fully saturated rings. The predicted molar refractivity (Wildman–Crippen MR) is 92.3 cm³/mol. The fourth-order valence-corrected chi connectivity index (χ4v) is 3.02. The number of anilines is 1. The SMILES string of the molecule is Cc1nc(-c2ccc(C#N)cc2)sc1C(=O)NNc1ccc(F)nc1. The minimum atomic E-state index is -0.595. The van der Waals surface area contributed by atoms with Crippen LogP contribution < -0.4 is 10.9 Å². The minimum absolute atomic E-state index is 0.348. The van der Waals surface area contributed by atoms with Gasteiger partial charge in [0.2, 0.25) is 5.95 Å². The Kier molecular flexibility index (Phi) is 4.68. The number of rotatable bonds is 4. The monoisotopic (exact) mass is 353 g/mol. The van der Waals surface area contributed by atoms with Crippen molar-refractivity contribution in [3.8, 4) is 16.6 Å². The van der Waals surface area contributed by atoms with Gasteiger partial charge in [0, 0.05) is 5.56 Å². The van der Waals surface area contributed by atoms with Crippen LogP contribution >= 0.6 is 11.3 Å². The molecule has 2 N–H and O–H groups in total. The highest BCUT2D eigenvalue weighted by Gasteiger charge is 2.16. The number of aromatic nitrogens is 2. The lowest BCUT2D eigenvalue weighted by atomic mass is 10.1. The topological polar surface area (TPSA) is 90.7 Å². The van der Waals surface area contributed by atoms with Crippen molar-refractivity contribution >= 4 is 22.9 Å². The molecule has 0 radical (unpaired) electrons. The molecule has 0 spiro atoms. The quantitative estimate of drug-likeness (QED) is 0.555. The van der Waals surface area contributed by atoms with Gasteiger partial charge in [0.1, 0.15) is 9.88 Å². The lowest BCUT2D eigenvalue weighted by Crippen LogP contribution is -2.29. The van der Waals surface area contributed by atoms with E-state index in [0.717, 1.165) is 5.56 Å². The zero-order valence-corrected chi connectivity index (χ0v) is 13.9. The number of nitrogens with one attached hydrogen (secondary N) is 2. The highest BCUT2D eigenvalue weighted by Crippen LogP contribution is 2.28. The molecule has 0 bridgehead atoms. The van der Waals surface area contributed by atoms with Crippen molar-refractivity contribution in [2.24, 2.45) is 0 Å². The maximum atomic E-state index is 12.8. The minimum Gasteiger partial charge on any atom is -0.297 e. The van der Waals surface area contributed by atoms with E-state index in [1.165, 1.54) is 29.7 Å². The maximum Gasteiger partial charge on any atom is 0.281 e. The van der Waals surface area contributed by atoms with Gasteiger partial charge < -0.3 is 0 Å². The molecule has 2 heterocycles. The van der Waals surface area contributed by atoms with Crippen molar-refractivity contribution in [1.82, 2.24) is 15.4 Å². The molecule has 2 aromatic heterocycles. The highest BCUT2D eigenvalue weighted by molar-refractivity contribution is 7.17. The second-order valence-electron chi connectivity index (χ2n) is 5.07. The van der Waals surface area contributed by atoms with Gasteiger partial charge in [-0.25, -0.2) is 9.97 Å². The van der Waals surface area contributed by atoms with E-state index in [0.29, 0.717) is 26.8 Å². The number of aryl methyl sites for hydroxylation is 1. The van der Waals surface area contributed by atoms with E-state index in [9.17, 15) is 9.18 Å². The first-order valence-corrected chi connectivity index (χ1v) is 8.04. The fourth-order valence-electron chi connectivity index (χ4n) is 2.05. The molecule has 0 saturated carbocycles. The van der Waals surface area contributed by atoms with Crippen molar-refractivity contribution in [3.63, 3.8) is 0 Å². The Morgan fingerprint density at radius 1 is 1.24 bits per heavy atom. The Labute approximate surface area is 147 Å². The summed E-state index contributed by atoms with van der Waals surface area (Å²) in [6, 6.07) is 11.7. The molecule has 0 atom stereocenters. The normalized spacial score (nSPS) is 10.1. The number of nitriles is 1. The molecule has 0 saturated heterocycles. The molecule has 0 unspecified atom stereocenters. The number of carbonyl (C=O) groups is 1. The summed E-state index contributed by atoms with van der Waals surface area (Å²) in [6.07, 6.45) is 1.28. The number of thiazole rings is 1. The first-order valence-electron chi connectivity index (χ1n) is 7.22. The zero-order valence-electron chi connectivity index (χ0n) is 13.1. The van der Waals surface area contributed by atoms with Gasteiger partial charge in [-0.2, -0.15) is 9.65 Å². The summed E-state index contributed by atoms with van der Waals surface area (Å²) >= 11 is 1.25. The summed E-state index contributed by atoms with van der Waals surface area (Å²) in [4.78, 5) is 20.7. The molecule has 25 heavy (non-hydrogen) atoms. The Bertz CT molecular complexity index is 945. The molecule has 1 amide bonds. The molecule has 3 rings (SSSR count). The van der Waals surface area contributed by atoms with E-state index in [1.807, 2.05) is 0 Å². The lowest BCUT2D eigenvalue weighted by molar-refractivity contribution is 0.0966. The van der Waals surface area contributed by atoms with Crippen molar-refractivity contribution < 1.29 is 9.18 Å². The Morgan fingerprint density at radius 3 is 2.64 bits per heavy atom. The standard InChI is InChI=1S/C17H12FN5OS/c1-10-15(16(24)23-22-13-6-7-14(18)20-9-13)25-17(21-10)12-4-2-11(8-19)3-5-12/h2-7,9,22H,1H3,(H,23,24). The van der Waals surface area contributed by atoms with Crippen LogP contribution in [-0.4, -0.2) is 15.9 Å². The molecule has 0 aliphatic heterocycles. The van der Waals surface area contributed by atoms with Crippen molar-refractivity contribution in [3.05, 3.63) is 64.7 Å². The summed E-state index contributed by atoms with van der Waals surface area (Å²) in [7, 11) is 0. The van der Waals surface area contributed by atoms with E-state index in [1.54, 1.807) is 31.2 Å². The molecular formula is C17H12FN5OS. The van der Waals surface area contributed by atoms with Crippen molar-refractivity contribution in [1.29, 1.82) is 5.26 Å². The van der Waals surface area contributed by atoms with Gasteiger partial charge in [0.15, 0.2) is 0 Å². The zero-order chi connectivity index (χ0) is 17.8. The maximum absolute atomic E-state index is 12.8. The van der Waals surface area contributed by atoms with E-state index in [4.69, 9.17) is 5.26 Å². The Morgan fingerprint density at radius 2 is 2.00 bits per heavy atom. The summed E-state index contributed by atoms with van der Waals surface area (Å²) in [5.41, 5.74) is 7.67. The van der Waals surface area contributed by atoms with Crippen LogP contribution in [-0.2, 0) is 0 Å². The fraction of sp³-hybridized carbons (Fsp3) is 0.0588. The second kappa shape index (κ2) is 7.07. The largest absolute Gasteiger partial charge is 0.297 e. The third-order valence-corrected chi connectivity index (χ3v) is 4.52. The third kappa shape index (κ3) is 3.79. The van der Waals surface area contributed by atoms with Gasteiger partial charge in [-0.15, -0.1) is 11.3 Å². The van der Waals surface area contributed by atoms with Crippen LogP contribution in [0.25, 0.3) is 10.6 Å². The van der Waals surface area contributed by atoms with Gasteiger partial charge in [0.25, 0.3) is 5.91 Å². The van der Waals surface area contributed by atoms with Crippen LogP contribution in [0.5, 0.6) is 0 Å². The van der Waals surface area contributed by atoms with Crippen LogP contribution in [0.1, 0.15) is 20.9 Å². The third-order valence-electron chi connectivity index (χ3n) is 3.31. The molecule has 1 aromatic carbocycles. The highest BCUT2D eigenvalue weighted by atomic mass is 32.1. The van der Waals surface area contributed by atoms with Gasteiger partial charge in [-0.3, -0.25) is 15.6 Å². The number of nitrogens with zero attached hydrogens (tertiary/aromatic N) is 3. The number of hydrogen-bond acceptors (Lipinski definition) is 6.